The Labute approximate surface area is 118 Å². The summed E-state index contributed by atoms with van der Waals surface area (Å²) in [5, 5.41) is 5.74. The lowest BCUT2D eigenvalue weighted by atomic mass is 10.2. The van der Waals surface area contributed by atoms with Gasteiger partial charge in [-0.3, -0.25) is 4.79 Å². The van der Waals surface area contributed by atoms with Crippen molar-refractivity contribution in [1.29, 1.82) is 0 Å². The second-order valence-corrected chi connectivity index (χ2v) is 5.07. The lowest BCUT2D eigenvalue weighted by Crippen LogP contribution is -2.39. The van der Waals surface area contributed by atoms with E-state index in [0.29, 0.717) is 24.1 Å². The molecule has 0 aliphatic heterocycles. The monoisotopic (exact) mass is 281 g/mol. The van der Waals surface area contributed by atoms with E-state index in [-0.39, 0.29) is 10.9 Å². The van der Waals surface area contributed by atoms with Crippen molar-refractivity contribution in [2.45, 2.75) is 26.8 Å². The maximum Gasteiger partial charge on any atom is 0.242 e. The molecular weight excluding hydrogens is 262 g/mol. The molecule has 7 heteroatoms. The van der Waals surface area contributed by atoms with Crippen LogP contribution in [0, 0.1) is 5.92 Å². The van der Waals surface area contributed by atoms with Gasteiger partial charge in [0.05, 0.1) is 0 Å². The first-order valence-corrected chi connectivity index (χ1v) is 6.48. The van der Waals surface area contributed by atoms with Crippen LogP contribution in [0.5, 0.6) is 0 Å². The normalized spacial score (nSPS) is 12.0. The Morgan fingerprint density at radius 1 is 1.47 bits per heavy atom. The highest BCUT2D eigenvalue weighted by Crippen LogP contribution is 2.02. The highest BCUT2D eigenvalue weighted by Gasteiger charge is 2.14. The van der Waals surface area contributed by atoms with Crippen LogP contribution in [0.4, 0.5) is 5.95 Å². The number of carbonyl (C=O) groups is 1. The molecular formula is C12H19N5OS. The van der Waals surface area contributed by atoms with Gasteiger partial charge in [-0.2, -0.15) is 0 Å². The fourth-order valence-corrected chi connectivity index (χ4v) is 1.40. The van der Waals surface area contributed by atoms with E-state index in [0.717, 1.165) is 0 Å². The number of amides is 1. The average Bonchev–Trinajstić information content (AvgIpc) is 2.36. The zero-order chi connectivity index (χ0) is 14.4. The number of nitrogens with zero attached hydrogens (tertiary/aromatic N) is 2. The van der Waals surface area contributed by atoms with Gasteiger partial charge in [-0.05, 0) is 18.9 Å². The van der Waals surface area contributed by atoms with E-state index < -0.39 is 6.04 Å². The summed E-state index contributed by atoms with van der Waals surface area (Å²) < 4.78 is 0. The van der Waals surface area contributed by atoms with Gasteiger partial charge in [-0.25, -0.2) is 9.97 Å². The van der Waals surface area contributed by atoms with E-state index in [1.165, 1.54) is 0 Å². The van der Waals surface area contributed by atoms with Crippen LogP contribution < -0.4 is 16.4 Å². The minimum atomic E-state index is -0.430. The van der Waals surface area contributed by atoms with Gasteiger partial charge in [0, 0.05) is 12.7 Å². The molecule has 6 nitrogen and oxygen atoms in total. The molecule has 1 aromatic heterocycles. The number of anilines is 1. The SMILES string of the molecule is CC(C)CNC(=O)C(C)Nc1nccc(C(N)=S)n1. The Morgan fingerprint density at radius 2 is 2.16 bits per heavy atom. The molecule has 0 spiro atoms. The summed E-state index contributed by atoms with van der Waals surface area (Å²) in [5.41, 5.74) is 5.96. The van der Waals surface area contributed by atoms with E-state index in [1.54, 1.807) is 19.2 Å². The fraction of sp³-hybridized carbons (Fsp3) is 0.500. The summed E-state index contributed by atoms with van der Waals surface area (Å²) in [6.45, 7) is 6.45. The van der Waals surface area contributed by atoms with Gasteiger partial charge in [0.2, 0.25) is 11.9 Å². The van der Waals surface area contributed by atoms with Gasteiger partial charge < -0.3 is 16.4 Å². The van der Waals surface area contributed by atoms with Crippen molar-refractivity contribution in [1.82, 2.24) is 15.3 Å². The molecule has 1 rings (SSSR count). The average molecular weight is 281 g/mol. The molecule has 0 saturated heterocycles. The van der Waals surface area contributed by atoms with Crippen molar-refractivity contribution < 1.29 is 4.79 Å². The minimum absolute atomic E-state index is 0.0990. The Hall–Kier alpha value is -1.76. The van der Waals surface area contributed by atoms with Crippen molar-refractivity contribution >= 4 is 29.1 Å². The second kappa shape index (κ2) is 6.98. The number of hydrogen-bond acceptors (Lipinski definition) is 5. The zero-order valence-electron chi connectivity index (χ0n) is 11.3. The topological polar surface area (TPSA) is 92.9 Å². The molecule has 0 saturated carbocycles. The molecule has 0 aliphatic rings. The van der Waals surface area contributed by atoms with Gasteiger partial charge in [0.1, 0.15) is 16.7 Å². The summed E-state index contributed by atoms with van der Waals surface area (Å²) in [6.07, 6.45) is 1.54. The van der Waals surface area contributed by atoms with Gasteiger partial charge >= 0.3 is 0 Å². The van der Waals surface area contributed by atoms with E-state index >= 15 is 0 Å². The third-order valence-corrected chi connectivity index (χ3v) is 2.54. The predicted molar refractivity (Wildman–Crippen MR) is 78.9 cm³/mol. The number of thiocarbonyl (C=S) groups is 1. The van der Waals surface area contributed by atoms with Crippen LogP contribution in [0.1, 0.15) is 26.5 Å². The zero-order valence-corrected chi connectivity index (χ0v) is 12.1. The van der Waals surface area contributed by atoms with Crippen LogP contribution >= 0.6 is 12.2 Å². The summed E-state index contributed by atoms with van der Waals surface area (Å²) >= 11 is 4.84. The number of rotatable bonds is 6. The van der Waals surface area contributed by atoms with E-state index in [4.69, 9.17) is 18.0 Å². The fourth-order valence-electron chi connectivity index (χ4n) is 1.28. The Balaban J connectivity index is 2.61. The summed E-state index contributed by atoms with van der Waals surface area (Å²) in [7, 11) is 0. The molecule has 0 bridgehead atoms. The largest absolute Gasteiger partial charge is 0.388 e. The van der Waals surface area contributed by atoms with Crippen molar-refractivity contribution in [2.24, 2.45) is 11.7 Å². The van der Waals surface area contributed by atoms with Gasteiger partial charge in [-0.1, -0.05) is 26.1 Å². The van der Waals surface area contributed by atoms with Gasteiger partial charge in [-0.15, -0.1) is 0 Å². The first-order chi connectivity index (χ1) is 8.90. The highest BCUT2D eigenvalue weighted by molar-refractivity contribution is 7.80. The quantitative estimate of drug-likeness (QED) is 0.664. The summed E-state index contributed by atoms with van der Waals surface area (Å²) in [5.74, 6) is 0.640. The molecule has 1 atom stereocenters. The van der Waals surface area contributed by atoms with Crippen LogP contribution in [-0.4, -0.2) is 33.5 Å². The molecule has 0 fully saturated rings. The van der Waals surface area contributed by atoms with Crippen LogP contribution in [0.25, 0.3) is 0 Å². The number of nitrogens with one attached hydrogen (secondary N) is 2. The molecule has 0 aromatic carbocycles. The number of carbonyl (C=O) groups excluding carboxylic acids is 1. The smallest absolute Gasteiger partial charge is 0.242 e. The minimum Gasteiger partial charge on any atom is -0.388 e. The Bertz CT molecular complexity index is 463. The highest BCUT2D eigenvalue weighted by atomic mass is 32.1. The standard InChI is InChI=1S/C12H19N5OS/c1-7(2)6-15-11(18)8(3)16-12-14-5-4-9(17-12)10(13)19/h4-5,7-8H,6H2,1-3H3,(H2,13,19)(H,15,18)(H,14,16,17). The van der Waals surface area contributed by atoms with Crippen LogP contribution in [0.2, 0.25) is 0 Å². The maximum atomic E-state index is 11.8. The van der Waals surface area contributed by atoms with Crippen LogP contribution in [0.3, 0.4) is 0 Å². The Kier molecular flexibility index (Phi) is 5.62. The number of aromatic nitrogens is 2. The van der Waals surface area contributed by atoms with E-state index in [1.807, 2.05) is 13.8 Å². The van der Waals surface area contributed by atoms with E-state index in [2.05, 4.69) is 20.6 Å². The molecule has 1 aromatic rings. The maximum absolute atomic E-state index is 11.8. The Morgan fingerprint density at radius 3 is 2.74 bits per heavy atom. The second-order valence-electron chi connectivity index (χ2n) is 4.63. The molecule has 0 aliphatic carbocycles. The molecule has 19 heavy (non-hydrogen) atoms. The lowest BCUT2D eigenvalue weighted by molar-refractivity contribution is -0.121. The van der Waals surface area contributed by atoms with Gasteiger partial charge in [0.15, 0.2) is 0 Å². The van der Waals surface area contributed by atoms with Crippen molar-refractivity contribution in [3.05, 3.63) is 18.0 Å². The number of nitrogens with two attached hydrogens (primary N) is 1. The van der Waals surface area contributed by atoms with Crippen molar-refractivity contribution in [3.8, 4) is 0 Å². The first-order valence-electron chi connectivity index (χ1n) is 6.07. The summed E-state index contributed by atoms with van der Waals surface area (Å²) in [4.78, 5) is 20.1. The molecule has 0 radical (unpaired) electrons. The third-order valence-electron chi connectivity index (χ3n) is 2.33. The van der Waals surface area contributed by atoms with Crippen molar-refractivity contribution in [3.63, 3.8) is 0 Å². The van der Waals surface area contributed by atoms with E-state index in [9.17, 15) is 4.79 Å². The van der Waals surface area contributed by atoms with Gasteiger partial charge in [0.25, 0.3) is 0 Å². The van der Waals surface area contributed by atoms with Crippen LogP contribution in [0.15, 0.2) is 12.3 Å². The molecule has 1 unspecified atom stereocenters. The summed E-state index contributed by atoms with van der Waals surface area (Å²) in [6, 6.07) is 1.19. The molecule has 1 heterocycles. The van der Waals surface area contributed by atoms with Crippen molar-refractivity contribution in [2.75, 3.05) is 11.9 Å². The third kappa shape index (κ3) is 5.17. The lowest BCUT2D eigenvalue weighted by Gasteiger charge is -2.15. The molecule has 1 amide bonds. The van der Waals surface area contributed by atoms with Crippen LogP contribution in [-0.2, 0) is 4.79 Å². The molecule has 4 N–H and O–H groups in total. The number of hydrogen-bond donors (Lipinski definition) is 3. The first kappa shape index (κ1) is 15.3. The molecule has 104 valence electrons. The predicted octanol–water partition coefficient (Wildman–Crippen LogP) is 0.683.